The standard InChI is InChI=1S/C22H24F2N4O5S/c1-22(2,3)33-21(29)27(4)12-14-13-28(19(18(14)23)16-7-6-9-26-20(16)24)34(30,31)17-11-15(32-5)8-10-25-17/h6-11,13H,12H2,1-5H3. The molecule has 34 heavy (non-hydrogen) atoms. The topological polar surface area (TPSA) is 104 Å². The summed E-state index contributed by atoms with van der Waals surface area (Å²) >= 11 is 0. The van der Waals surface area contributed by atoms with Crippen LogP contribution in [0, 0.1) is 11.8 Å². The van der Waals surface area contributed by atoms with E-state index in [0.717, 1.165) is 23.4 Å². The highest BCUT2D eigenvalue weighted by Crippen LogP contribution is 2.32. The largest absolute Gasteiger partial charge is 0.497 e. The van der Waals surface area contributed by atoms with Crippen LogP contribution in [0.25, 0.3) is 11.3 Å². The number of amides is 1. The van der Waals surface area contributed by atoms with Crippen molar-refractivity contribution in [3.05, 3.63) is 60.2 Å². The molecule has 3 heterocycles. The number of pyridine rings is 2. The van der Waals surface area contributed by atoms with Crippen LogP contribution in [0.15, 0.2) is 47.9 Å². The van der Waals surface area contributed by atoms with Crippen molar-refractivity contribution in [2.45, 2.75) is 37.9 Å². The lowest BCUT2D eigenvalue weighted by molar-refractivity contribution is 0.0284. The van der Waals surface area contributed by atoms with Gasteiger partial charge in [0, 0.05) is 37.3 Å². The van der Waals surface area contributed by atoms with Gasteiger partial charge in [0.2, 0.25) is 5.95 Å². The molecule has 0 saturated carbocycles. The molecule has 0 atom stereocenters. The van der Waals surface area contributed by atoms with Gasteiger partial charge >= 0.3 is 6.09 Å². The zero-order valence-corrected chi connectivity index (χ0v) is 20.1. The maximum Gasteiger partial charge on any atom is 0.410 e. The quantitative estimate of drug-likeness (QED) is 0.480. The van der Waals surface area contributed by atoms with Gasteiger partial charge in [0.25, 0.3) is 10.0 Å². The highest BCUT2D eigenvalue weighted by molar-refractivity contribution is 7.90. The molecule has 0 unspecified atom stereocenters. The molecule has 0 spiro atoms. The molecule has 182 valence electrons. The van der Waals surface area contributed by atoms with Gasteiger partial charge in [-0.3, -0.25) is 0 Å². The fraction of sp³-hybridized carbons (Fsp3) is 0.318. The van der Waals surface area contributed by atoms with Crippen molar-refractivity contribution in [3.8, 4) is 17.0 Å². The molecule has 0 N–H and O–H groups in total. The number of carbonyl (C=O) groups is 1. The van der Waals surface area contributed by atoms with Crippen LogP contribution in [0.3, 0.4) is 0 Å². The lowest BCUT2D eigenvalue weighted by Crippen LogP contribution is -2.33. The predicted molar refractivity (Wildman–Crippen MR) is 119 cm³/mol. The van der Waals surface area contributed by atoms with Crippen LogP contribution in [0.5, 0.6) is 5.75 Å². The van der Waals surface area contributed by atoms with Crippen molar-refractivity contribution in [1.82, 2.24) is 18.8 Å². The number of nitrogens with zero attached hydrogens (tertiary/aromatic N) is 4. The highest BCUT2D eigenvalue weighted by Gasteiger charge is 2.31. The summed E-state index contributed by atoms with van der Waals surface area (Å²) in [6.45, 7) is 4.68. The third-order valence-electron chi connectivity index (χ3n) is 4.58. The summed E-state index contributed by atoms with van der Waals surface area (Å²) in [5.74, 6) is -1.89. The Bertz CT molecular complexity index is 1320. The van der Waals surface area contributed by atoms with Gasteiger partial charge in [0.15, 0.2) is 10.8 Å². The number of hydrogen-bond donors (Lipinski definition) is 0. The Hall–Kier alpha value is -3.54. The molecular formula is C22H24F2N4O5S. The second-order valence-corrected chi connectivity index (χ2v) is 10.1. The monoisotopic (exact) mass is 494 g/mol. The summed E-state index contributed by atoms with van der Waals surface area (Å²) in [7, 11) is -1.78. The first-order chi connectivity index (χ1) is 15.8. The third-order valence-corrected chi connectivity index (χ3v) is 6.13. The second kappa shape index (κ2) is 9.37. The Labute approximate surface area is 196 Å². The van der Waals surface area contributed by atoms with E-state index in [9.17, 15) is 17.6 Å². The van der Waals surface area contributed by atoms with E-state index in [2.05, 4.69) is 9.97 Å². The van der Waals surface area contributed by atoms with Gasteiger partial charge in [-0.05, 0) is 39.0 Å². The Kier molecular flexibility index (Phi) is 6.92. The molecular weight excluding hydrogens is 470 g/mol. The van der Waals surface area contributed by atoms with Crippen molar-refractivity contribution in [2.24, 2.45) is 0 Å². The predicted octanol–water partition coefficient (Wildman–Crippen LogP) is 3.84. The number of ether oxygens (including phenoxy) is 2. The van der Waals surface area contributed by atoms with Gasteiger partial charge in [-0.1, -0.05) is 0 Å². The van der Waals surface area contributed by atoms with Crippen LogP contribution in [0.2, 0.25) is 0 Å². The van der Waals surface area contributed by atoms with Crippen molar-refractivity contribution in [3.63, 3.8) is 0 Å². The number of aromatic nitrogens is 3. The molecule has 0 saturated heterocycles. The lowest BCUT2D eigenvalue weighted by atomic mass is 10.1. The van der Waals surface area contributed by atoms with E-state index in [-0.39, 0.29) is 23.4 Å². The molecule has 0 aliphatic heterocycles. The SMILES string of the molecule is COc1ccnc(S(=O)(=O)n2cc(CN(C)C(=O)OC(C)(C)C)c(F)c2-c2cccnc2F)c1. The minimum atomic E-state index is -4.50. The molecule has 0 fully saturated rings. The fourth-order valence-electron chi connectivity index (χ4n) is 3.03. The van der Waals surface area contributed by atoms with E-state index >= 15 is 4.39 Å². The molecule has 0 bridgehead atoms. The Morgan fingerprint density at radius 1 is 1.18 bits per heavy atom. The summed E-state index contributed by atoms with van der Waals surface area (Å²) in [4.78, 5) is 20.8. The summed E-state index contributed by atoms with van der Waals surface area (Å²) in [5.41, 5.74) is -1.93. The zero-order valence-electron chi connectivity index (χ0n) is 19.2. The van der Waals surface area contributed by atoms with E-state index in [4.69, 9.17) is 9.47 Å². The van der Waals surface area contributed by atoms with Gasteiger partial charge in [0.05, 0.1) is 19.2 Å². The molecule has 0 aliphatic carbocycles. The minimum absolute atomic E-state index is 0.182. The first-order valence-corrected chi connectivity index (χ1v) is 11.5. The smallest absolute Gasteiger partial charge is 0.410 e. The van der Waals surface area contributed by atoms with Crippen molar-refractivity contribution in [2.75, 3.05) is 14.2 Å². The maximum absolute atomic E-state index is 15.6. The number of hydrogen-bond acceptors (Lipinski definition) is 7. The van der Waals surface area contributed by atoms with Crippen molar-refractivity contribution in [1.29, 1.82) is 0 Å². The van der Waals surface area contributed by atoms with Crippen LogP contribution in [0.4, 0.5) is 13.6 Å². The normalized spacial score (nSPS) is 11.9. The van der Waals surface area contributed by atoms with Crippen LogP contribution >= 0.6 is 0 Å². The van der Waals surface area contributed by atoms with Crippen LogP contribution in [-0.2, 0) is 21.3 Å². The molecule has 3 aromatic rings. The first kappa shape index (κ1) is 25.1. The molecule has 0 radical (unpaired) electrons. The Morgan fingerprint density at radius 3 is 2.50 bits per heavy atom. The number of methoxy groups -OCH3 is 1. The first-order valence-electron chi connectivity index (χ1n) is 10.1. The molecule has 1 amide bonds. The Balaban J connectivity index is 2.15. The summed E-state index contributed by atoms with van der Waals surface area (Å²) in [5, 5.41) is -0.445. The van der Waals surface area contributed by atoms with Gasteiger partial charge in [-0.15, -0.1) is 0 Å². The molecule has 9 nitrogen and oxygen atoms in total. The maximum atomic E-state index is 15.6. The number of carbonyl (C=O) groups excluding carboxylic acids is 1. The summed E-state index contributed by atoms with van der Waals surface area (Å²) < 4.78 is 67.9. The van der Waals surface area contributed by atoms with Crippen LogP contribution in [-0.4, -0.2) is 53.1 Å². The summed E-state index contributed by atoms with van der Waals surface area (Å²) in [6.07, 6.45) is 2.60. The molecule has 3 rings (SSSR count). The van der Waals surface area contributed by atoms with Gasteiger partial charge in [0.1, 0.15) is 17.0 Å². The van der Waals surface area contributed by atoms with E-state index in [0.29, 0.717) is 3.97 Å². The summed E-state index contributed by atoms with van der Waals surface area (Å²) in [6, 6.07) is 5.15. The fourth-order valence-corrected chi connectivity index (χ4v) is 4.38. The zero-order chi connectivity index (χ0) is 25.3. The van der Waals surface area contributed by atoms with E-state index in [1.807, 2.05) is 0 Å². The van der Waals surface area contributed by atoms with E-state index < -0.39 is 44.2 Å². The number of halogens is 2. The van der Waals surface area contributed by atoms with Gasteiger partial charge < -0.3 is 14.4 Å². The van der Waals surface area contributed by atoms with E-state index in [1.54, 1.807) is 20.8 Å². The van der Waals surface area contributed by atoms with Crippen molar-refractivity contribution >= 4 is 16.1 Å². The highest BCUT2D eigenvalue weighted by atomic mass is 32.2. The second-order valence-electron chi connectivity index (χ2n) is 8.33. The average Bonchev–Trinajstić information content (AvgIpc) is 3.09. The van der Waals surface area contributed by atoms with Crippen LogP contribution in [0.1, 0.15) is 26.3 Å². The van der Waals surface area contributed by atoms with E-state index in [1.165, 1.54) is 38.6 Å². The van der Waals surface area contributed by atoms with Gasteiger partial charge in [-0.25, -0.2) is 23.1 Å². The average molecular weight is 495 g/mol. The van der Waals surface area contributed by atoms with Gasteiger partial charge in [-0.2, -0.15) is 12.8 Å². The third kappa shape index (κ3) is 5.16. The Morgan fingerprint density at radius 2 is 1.88 bits per heavy atom. The van der Waals surface area contributed by atoms with Crippen molar-refractivity contribution < 1.29 is 31.5 Å². The molecule has 12 heteroatoms. The molecule has 0 aliphatic rings. The lowest BCUT2D eigenvalue weighted by Gasteiger charge is -2.24. The number of rotatable bonds is 6. The molecule has 3 aromatic heterocycles. The minimum Gasteiger partial charge on any atom is -0.497 e. The molecule has 0 aromatic carbocycles. The van der Waals surface area contributed by atoms with Crippen LogP contribution < -0.4 is 4.74 Å².